The standard InChI is InChI=1S/C21H22F2O6/c1-3-26-20(24)21(22,23)15-6-9-17(19-27-10-11-28-19)18(12-15)29-13-14-4-7-16(25-2)8-5-14/h4-9,12,19H,3,10-11,13H2,1-2H3. The second-order valence-electron chi connectivity index (χ2n) is 6.26. The van der Waals surface area contributed by atoms with Crippen LogP contribution in [0.4, 0.5) is 8.78 Å². The van der Waals surface area contributed by atoms with Crippen LogP contribution in [0.1, 0.15) is 29.9 Å². The van der Waals surface area contributed by atoms with Crippen LogP contribution < -0.4 is 9.47 Å². The molecule has 0 unspecified atom stereocenters. The van der Waals surface area contributed by atoms with Crippen molar-refractivity contribution in [3.05, 3.63) is 59.2 Å². The van der Waals surface area contributed by atoms with Crippen LogP contribution in [0.3, 0.4) is 0 Å². The van der Waals surface area contributed by atoms with Gasteiger partial charge in [-0.15, -0.1) is 0 Å². The number of methoxy groups -OCH3 is 1. The second-order valence-corrected chi connectivity index (χ2v) is 6.26. The molecular weight excluding hydrogens is 386 g/mol. The van der Waals surface area contributed by atoms with Gasteiger partial charge < -0.3 is 23.7 Å². The van der Waals surface area contributed by atoms with Crippen LogP contribution in [0.2, 0.25) is 0 Å². The minimum atomic E-state index is -3.80. The van der Waals surface area contributed by atoms with Gasteiger partial charge in [-0.1, -0.05) is 18.2 Å². The van der Waals surface area contributed by atoms with E-state index in [4.69, 9.17) is 18.9 Å². The molecule has 0 aliphatic carbocycles. The summed E-state index contributed by atoms with van der Waals surface area (Å²) in [6.07, 6.45) is -0.717. The van der Waals surface area contributed by atoms with Gasteiger partial charge in [0.1, 0.15) is 18.1 Å². The third-order valence-corrected chi connectivity index (χ3v) is 4.34. The molecule has 0 amide bonds. The third kappa shape index (κ3) is 4.83. The van der Waals surface area contributed by atoms with E-state index in [1.54, 1.807) is 31.4 Å². The predicted molar refractivity (Wildman–Crippen MR) is 98.9 cm³/mol. The molecule has 0 spiro atoms. The molecule has 2 aromatic carbocycles. The fourth-order valence-corrected chi connectivity index (χ4v) is 2.81. The molecule has 1 saturated heterocycles. The van der Waals surface area contributed by atoms with Crippen molar-refractivity contribution in [3.63, 3.8) is 0 Å². The van der Waals surface area contributed by atoms with Crippen LogP contribution in [0.25, 0.3) is 0 Å². The van der Waals surface area contributed by atoms with Gasteiger partial charge in [0.25, 0.3) is 0 Å². The van der Waals surface area contributed by atoms with Crippen LogP contribution in [-0.4, -0.2) is 32.9 Å². The summed E-state index contributed by atoms with van der Waals surface area (Å²) in [6, 6.07) is 10.8. The van der Waals surface area contributed by atoms with Crippen molar-refractivity contribution >= 4 is 5.97 Å². The Kier molecular flexibility index (Phi) is 6.66. The van der Waals surface area contributed by atoms with Gasteiger partial charge in [0.15, 0.2) is 6.29 Å². The van der Waals surface area contributed by atoms with Crippen molar-refractivity contribution < 1.29 is 37.3 Å². The smallest absolute Gasteiger partial charge is 0.381 e. The number of hydrogen-bond donors (Lipinski definition) is 0. The Labute approximate surface area is 167 Å². The largest absolute Gasteiger partial charge is 0.497 e. The van der Waals surface area contributed by atoms with Gasteiger partial charge in [-0.2, -0.15) is 8.78 Å². The molecule has 0 aromatic heterocycles. The number of halogens is 2. The number of carbonyl (C=O) groups excluding carboxylic acids is 1. The molecule has 156 valence electrons. The van der Waals surface area contributed by atoms with E-state index in [0.29, 0.717) is 24.5 Å². The fourth-order valence-electron chi connectivity index (χ4n) is 2.81. The van der Waals surface area contributed by atoms with Gasteiger partial charge in [-0.25, -0.2) is 4.79 Å². The summed E-state index contributed by atoms with van der Waals surface area (Å²) < 4.78 is 55.3. The van der Waals surface area contributed by atoms with Gasteiger partial charge >= 0.3 is 11.9 Å². The number of rotatable bonds is 8. The SMILES string of the molecule is CCOC(=O)C(F)(F)c1ccc(C2OCCO2)c(OCc2ccc(OC)cc2)c1. The number of ether oxygens (including phenoxy) is 5. The van der Waals surface area contributed by atoms with Crippen molar-refractivity contribution in [2.24, 2.45) is 0 Å². The van der Waals surface area contributed by atoms with Gasteiger partial charge in [-0.3, -0.25) is 0 Å². The average molecular weight is 408 g/mol. The van der Waals surface area contributed by atoms with Crippen LogP contribution in [-0.2, 0) is 31.5 Å². The molecular formula is C21H22F2O6. The molecule has 0 radical (unpaired) electrons. The summed E-state index contributed by atoms with van der Waals surface area (Å²) in [5.41, 5.74) is 0.759. The summed E-state index contributed by atoms with van der Waals surface area (Å²) in [7, 11) is 1.56. The zero-order valence-electron chi connectivity index (χ0n) is 16.2. The van der Waals surface area contributed by atoms with E-state index >= 15 is 0 Å². The van der Waals surface area contributed by atoms with E-state index in [1.165, 1.54) is 13.0 Å². The van der Waals surface area contributed by atoms with Crippen molar-refractivity contribution in [1.29, 1.82) is 0 Å². The minimum absolute atomic E-state index is 0.123. The molecule has 6 nitrogen and oxygen atoms in total. The summed E-state index contributed by atoms with van der Waals surface area (Å²) in [4.78, 5) is 11.7. The quantitative estimate of drug-likeness (QED) is 0.616. The van der Waals surface area contributed by atoms with Crippen LogP contribution in [0, 0.1) is 0 Å². The number of benzene rings is 2. The highest BCUT2D eigenvalue weighted by molar-refractivity contribution is 5.79. The van der Waals surface area contributed by atoms with Crippen molar-refractivity contribution in [2.75, 3.05) is 26.9 Å². The van der Waals surface area contributed by atoms with Gasteiger partial charge in [0, 0.05) is 11.1 Å². The highest BCUT2D eigenvalue weighted by Crippen LogP contribution is 2.37. The molecule has 0 N–H and O–H groups in total. The first kappa shape index (κ1) is 21.0. The van der Waals surface area contributed by atoms with Crippen molar-refractivity contribution in [1.82, 2.24) is 0 Å². The lowest BCUT2D eigenvalue weighted by atomic mass is 10.0. The Balaban J connectivity index is 1.87. The van der Waals surface area contributed by atoms with E-state index in [2.05, 4.69) is 4.74 Å². The zero-order valence-corrected chi connectivity index (χ0v) is 16.2. The Morgan fingerprint density at radius 2 is 1.83 bits per heavy atom. The maximum Gasteiger partial charge on any atom is 0.381 e. The monoisotopic (exact) mass is 408 g/mol. The van der Waals surface area contributed by atoms with Crippen molar-refractivity contribution in [2.45, 2.75) is 25.7 Å². The molecule has 1 aliphatic rings. The molecule has 0 atom stereocenters. The topological polar surface area (TPSA) is 63.2 Å². The van der Waals surface area contributed by atoms with Gasteiger partial charge in [-0.05, 0) is 36.8 Å². The summed E-state index contributed by atoms with van der Waals surface area (Å²) in [6.45, 7) is 2.23. The maximum absolute atomic E-state index is 14.5. The minimum Gasteiger partial charge on any atom is -0.497 e. The number of esters is 1. The summed E-state index contributed by atoms with van der Waals surface area (Å²) in [5.74, 6) is -4.57. The van der Waals surface area contributed by atoms with Crippen LogP contribution >= 0.6 is 0 Å². The average Bonchev–Trinajstić information content (AvgIpc) is 3.27. The highest BCUT2D eigenvalue weighted by atomic mass is 19.3. The van der Waals surface area contributed by atoms with Crippen LogP contribution in [0.5, 0.6) is 11.5 Å². The first-order valence-electron chi connectivity index (χ1n) is 9.14. The fraction of sp³-hybridized carbons (Fsp3) is 0.381. The van der Waals surface area contributed by atoms with E-state index in [-0.39, 0.29) is 19.0 Å². The Morgan fingerprint density at radius 3 is 2.45 bits per heavy atom. The first-order chi connectivity index (χ1) is 14.0. The lowest BCUT2D eigenvalue weighted by Gasteiger charge is -2.20. The number of alkyl halides is 2. The Hall–Kier alpha value is -2.71. The molecule has 1 fully saturated rings. The third-order valence-electron chi connectivity index (χ3n) is 4.34. The first-order valence-corrected chi connectivity index (χ1v) is 9.14. The molecule has 2 aromatic rings. The molecule has 3 rings (SSSR count). The molecule has 29 heavy (non-hydrogen) atoms. The van der Waals surface area contributed by atoms with E-state index in [9.17, 15) is 13.6 Å². The predicted octanol–water partition coefficient (Wildman–Crippen LogP) is 3.97. The lowest BCUT2D eigenvalue weighted by molar-refractivity contribution is -0.173. The zero-order chi connectivity index (χ0) is 20.9. The number of carbonyl (C=O) groups is 1. The van der Waals surface area contributed by atoms with Gasteiger partial charge in [0.2, 0.25) is 0 Å². The molecule has 0 saturated carbocycles. The maximum atomic E-state index is 14.5. The normalized spacial score (nSPS) is 14.6. The Morgan fingerprint density at radius 1 is 1.14 bits per heavy atom. The van der Waals surface area contributed by atoms with Crippen LogP contribution in [0.15, 0.2) is 42.5 Å². The molecule has 8 heteroatoms. The lowest BCUT2D eigenvalue weighted by Crippen LogP contribution is -2.28. The van der Waals surface area contributed by atoms with E-state index in [0.717, 1.165) is 17.7 Å². The summed E-state index contributed by atoms with van der Waals surface area (Å²) >= 11 is 0. The second kappa shape index (κ2) is 9.19. The molecule has 1 aliphatic heterocycles. The summed E-state index contributed by atoms with van der Waals surface area (Å²) in [5, 5.41) is 0. The number of hydrogen-bond acceptors (Lipinski definition) is 6. The molecule has 0 bridgehead atoms. The van der Waals surface area contributed by atoms with E-state index in [1.807, 2.05) is 0 Å². The van der Waals surface area contributed by atoms with E-state index < -0.39 is 23.7 Å². The molecule has 1 heterocycles. The van der Waals surface area contributed by atoms with Gasteiger partial charge in [0.05, 0.1) is 26.9 Å². The Bertz CT molecular complexity index is 832. The highest BCUT2D eigenvalue weighted by Gasteiger charge is 2.43. The van der Waals surface area contributed by atoms with Crippen molar-refractivity contribution in [3.8, 4) is 11.5 Å².